The third-order valence-corrected chi connectivity index (χ3v) is 4.52. The smallest absolute Gasteiger partial charge is 0.320 e. The number of anilines is 1. The summed E-state index contributed by atoms with van der Waals surface area (Å²) in [4.78, 5) is 29.0. The predicted octanol–water partition coefficient (Wildman–Crippen LogP) is 3.00. The van der Waals surface area contributed by atoms with Crippen molar-refractivity contribution in [3.63, 3.8) is 0 Å². The molecule has 0 spiro atoms. The normalized spacial score (nSPS) is 15.6. The molecule has 3 heterocycles. The summed E-state index contributed by atoms with van der Waals surface area (Å²) in [5.74, 6) is -1.91. The third-order valence-electron chi connectivity index (χ3n) is 4.52. The standard InChI is InChI=1S/C20H17FN4O3/c1-2-28-20(27)15-11-23-18-16(12-7-9-22-10-8-12)17(24-25(18)19(15)26)13-3-5-14(21)6-4-13/h3-10,15,23H,2,11H2,1H3. The van der Waals surface area contributed by atoms with E-state index >= 15 is 0 Å². The molecule has 1 aliphatic rings. The highest BCUT2D eigenvalue weighted by Crippen LogP contribution is 2.39. The van der Waals surface area contributed by atoms with E-state index in [0.717, 1.165) is 5.56 Å². The van der Waals surface area contributed by atoms with E-state index in [1.807, 2.05) is 0 Å². The number of ether oxygens (including phenoxy) is 1. The van der Waals surface area contributed by atoms with E-state index in [-0.39, 0.29) is 19.0 Å². The first kappa shape index (κ1) is 17.8. The Balaban J connectivity index is 1.86. The van der Waals surface area contributed by atoms with Gasteiger partial charge in [0.2, 0.25) is 0 Å². The Hall–Kier alpha value is -3.55. The molecule has 2 aromatic heterocycles. The van der Waals surface area contributed by atoms with Crippen LogP contribution in [0, 0.1) is 11.7 Å². The zero-order chi connectivity index (χ0) is 19.7. The van der Waals surface area contributed by atoms with Gasteiger partial charge in [-0.25, -0.2) is 4.39 Å². The van der Waals surface area contributed by atoms with Gasteiger partial charge in [-0.3, -0.25) is 14.6 Å². The average molecular weight is 380 g/mol. The number of halogens is 1. The van der Waals surface area contributed by atoms with Crippen LogP contribution in [0.25, 0.3) is 22.4 Å². The maximum absolute atomic E-state index is 13.4. The van der Waals surface area contributed by atoms with Gasteiger partial charge in [0, 0.05) is 24.5 Å². The Bertz CT molecular complexity index is 1030. The monoisotopic (exact) mass is 380 g/mol. The number of hydrogen-bond donors (Lipinski definition) is 1. The molecule has 0 bridgehead atoms. The van der Waals surface area contributed by atoms with Crippen molar-refractivity contribution in [2.75, 3.05) is 18.5 Å². The van der Waals surface area contributed by atoms with Crippen molar-refractivity contribution in [1.29, 1.82) is 0 Å². The molecule has 0 radical (unpaired) electrons. The van der Waals surface area contributed by atoms with Gasteiger partial charge in [0.05, 0.1) is 12.2 Å². The molecule has 0 aliphatic carbocycles. The van der Waals surface area contributed by atoms with Crippen molar-refractivity contribution in [1.82, 2.24) is 14.8 Å². The van der Waals surface area contributed by atoms with E-state index in [2.05, 4.69) is 15.4 Å². The molecule has 0 amide bonds. The van der Waals surface area contributed by atoms with E-state index in [1.54, 1.807) is 43.6 Å². The molecule has 1 atom stereocenters. The van der Waals surface area contributed by atoms with Gasteiger partial charge in [-0.2, -0.15) is 9.78 Å². The number of pyridine rings is 1. The second-order valence-corrected chi connectivity index (χ2v) is 6.25. The Morgan fingerprint density at radius 2 is 1.93 bits per heavy atom. The fraction of sp³-hybridized carbons (Fsp3) is 0.200. The molecule has 0 saturated heterocycles. The lowest BCUT2D eigenvalue weighted by Gasteiger charge is -2.22. The van der Waals surface area contributed by atoms with Crippen LogP contribution < -0.4 is 5.32 Å². The van der Waals surface area contributed by atoms with Crippen LogP contribution in [0.2, 0.25) is 0 Å². The number of carbonyl (C=O) groups is 2. The van der Waals surface area contributed by atoms with Crippen LogP contribution in [0.1, 0.15) is 11.7 Å². The van der Waals surface area contributed by atoms with Crippen LogP contribution in [0.3, 0.4) is 0 Å². The summed E-state index contributed by atoms with van der Waals surface area (Å²) in [6.45, 7) is 1.99. The van der Waals surface area contributed by atoms with Crippen molar-refractivity contribution in [2.45, 2.75) is 6.92 Å². The zero-order valence-electron chi connectivity index (χ0n) is 15.1. The molecule has 0 saturated carbocycles. The van der Waals surface area contributed by atoms with Crippen LogP contribution in [0.4, 0.5) is 10.2 Å². The first-order valence-corrected chi connectivity index (χ1v) is 8.84. The molecule has 1 aliphatic heterocycles. The van der Waals surface area contributed by atoms with Crippen LogP contribution in [-0.2, 0) is 9.53 Å². The second kappa shape index (κ2) is 7.22. The Labute approximate surface area is 160 Å². The van der Waals surface area contributed by atoms with Crippen LogP contribution in [0.15, 0.2) is 48.8 Å². The molecule has 4 rings (SSSR count). The minimum atomic E-state index is -0.973. The van der Waals surface area contributed by atoms with E-state index in [0.29, 0.717) is 22.6 Å². The van der Waals surface area contributed by atoms with Gasteiger partial charge >= 0.3 is 5.97 Å². The number of fused-ring (bicyclic) bond motifs is 1. The number of benzene rings is 1. The highest BCUT2D eigenvalue weighted by atomic mass is 19.1. The summed E-state index contributed by atoms with van der Waals surface area (Å²) in [6, 6.07) is 9.47. The number of rotatable bonds is 4. The first-order valence-electron chi connectivity index (χ1n) is 8.84. The van der Waals surface area contributed by atoms with Crippen molar-refractivity contribution in [3.05, 3.63) is 54.6 Å². The lowest BCUT2D eigenvalue weighted by molar-refractivity contribution is -0.146. The number of carbonyl (C=O) groups excluding carboxylic acids is 2. The van der Waals surface area contributed by atoms with Gasteiger partial charge in [0.15, 0.2) is 5.92 Å². The lowest BCUT2D eigenvalue weighted by Crippen LogP contribution is -2.40. The minimum absolute atomic E-state index is 0.115. The van der Waals surface area contributed by atoms with Crippen molar-refractivity contribution >= 4 is 17.7 Å². The van der Waals surface area contributed by atoms with Crippen molar-refractivity contribution < 1.29 is 18.7 Å². The fourth-order valence-electron chi connectivity index (χ4n) is 3.20. The summed E-state index contributed by atoms with van der Waals surface area (Å²) in [6.07, 6.45) is 3.28. The summed E-state index contributed by atoms with van der Waals surface area (Å²) in [5, 5.41) is 7.59. The minimum Gasteiger partial charge on any atom is -0.465 e. The molecular formula is C20H17FN4O3. The number of hydrogen-bond acceptors (Lipinski definition) is 6. The molecule has 1 unspecified atom stereocenters. The number of nitrogens with one attached hydrogen (secondary N) is 1. The van der Waals surface area contributed by atoms with Crippen LogP contribution >= 0.6 is 0 Å². The molecule has 28 heavy (non-hydrogen) atoms. The highest BCUT2D eigenvalue weighted by molar-refractivity contribution is 6.04. The molecule has 142 valence electrons. The maximum atomic E-state index is 13.4. The number of nitrogens with zero attached hydrogens (tertiary/aromatic N) is 3. The Kier molecular flexibility index (Phi) is 4.60. The number of esters is 1. The lowest BCUT2D eigenvalue weighted by atomic mass is 10.0. The van der Waals surface area contributed by atoms with Crippen LogP contribution in [-0.4, -0.2) is 39.8 Å². The maximum Gasteiger partial charge on any atom is 0.320 e. The van der Waals surface area contributed by atoms with Crippen LogP contribution in [0.5, 0.6) is 0 Å². The number of aromatic nitrogens is 3. The quantitative estimate of drug-likeness (QED) is 0.553. The van der Waals surface area contributed by atoms with Gasteiger partial charge in [0.25, 0.3) is 5.91 Å². The summed E-state index contributed by atoms with van der Waals surface area (Å²) < 4.78 is 19.6. The van der Waals surface area contributed by atoms with Gasteiger partial charge in [-0.15, -0.1) is 0 Å². The van der Waals surface area contributed by atoms with Crippen molar-refractivity contribution in [3.8, 4) is 22.4 Å². The fourth-order valence-corrected chi connectivity index (χ4v) is 3.20. The zero-order valence-corrected chi connectivity index (χ0v) is 15.1. The first-order chi connectivity index (χ1) is 13.6. The van der Waals surface area contributed by atoms with Gasteiger partial charge in [-0.1, -0.05) is 0 Å². The molecule has 1 N–H and O–H groups in total. The SMILES string of the molecule is CCOC(=O)C1CNc2c(-c3ccncc3)c(-c3ccc(F)cc3)nn2C1=O. The van der Waals surface area contributed by atoms with E-state index < -0.39 is 17.8 Å². The molecule has 1 aromatic carbocycles. The van der Waals surface area contributed by atoms with Crippen molar-refractivity contribution in [2.24, 2.45) is 5.92 Å². The molecule has 3 aromatic rings. The molecular weight excluding hydrogens is 363 g/mol. The largest absolute Gasteiger partial charge is 0.465 e. The van der Waals surface area contributed by atoms with E-state index in [1.165, 1.54) is 16.8 Å². The predicted molar refractivity (Wildman–Crippen MR) is 100 cm³/mol. The average Bonchev–Trinajstić information content (AvgIpc) is 3.10. The Morgan fingerprint density at radius 1 is 1.21 bits per heavy atom. The second-order valence-electron chi connectivity index (χ2n) is 6.25. The summed E-state index contributed by atoms with van der Waals surface area (Å²) >= 11 is 0. The third kappa shape index (κ3) is 3.02. The summed E-state index contributed by atoms with van der Waals surface area (Å²) in [5.41, 5.74) is 2.64. The summed E-state index contributed by atoms with van der Waals surface area (Å²) in [7, 11) is 0. The molecule has 8 heteroatoms. The van der Waals surface area contributed by atoms with E-state index in [4.69, 9.17) is 4.74 Å². The Morgan fingerprint density at radius 3 is 2.61 bits per heavy atom. The van der Waals surface area contributed by atoms with Gasteiger partial charge in [0.1, 0.15) is 17.3 Å². The molecule has 7 nitrogen and oxygen atoms in total. The van der Waals surface area contributed by atoms with Gasteiger partial charge < -0.3 is 10.1 Å². The topological polar surface area (TPSA) is 86.1 Å². The van der Waals surface area contributed by atoms with E-state index in [9.17, 15) is 14.0 Å². The van der Waals surface area contributed by atoms with Gasteiger partial charge in [-0.05, 0) is 48.9 Å². The molecule has 0 fully saturated rings. The highest BCUT2D eigenvalue weighted by Gasteiger charge is 2.37.